The van der Waals surface area contributed by atoms with Gasteiger partial charge in [0.15, 0.2) is 0 Å². The van der Waals surface area contributed by atoms with Crippen LogP contribution in [-0.2, 0) is 9.59 Å². The molecular formula is C17H21NO2. The van der Waals surface area contributed by atoms with Crippen LogP contribution in [0.15, 0.2) is 30.3 Å². The Morgan fingerprint density at radius 2 is 1.85 bits per heavy atom. The lowest BCUT2D eigenvalue weighted by atomic mass is 9.76. The summed E-state index contributed by atoms with van der Waals surface area (Å²) in [5.41, 5.74) is 1.18. The normalized spacial score (nSPS) is 28.1. The molecule has 1 saturated carbocycles. The molecule has 1 saturated heterocycles. The highest BCUT2D eigenvalue weighted by Crippen LogP contribution is 2.38. The fourth-order valence-electron chi connectivity index (χ4n) is 3.75. The van der Waals surface area contributed by atoms with Gasteiger partial charge in [0.05, 0.1) is 6.04 Å². The van der Waals surface area contributed by atoms with Crippen LogP contribution < -0.4 is 0 Å². The van der Waals surface area contributed by atoms with Crippen LogP contribution in [0, 0.1) is 5.92 Å². The number of hydrogen-bond donors (Lipinski definition) is 0. The third-order valence-corrected chi connectivity index (χ3v) is 4.83. The van der Waals surface area contributed by atoms with Crippen molar-refractivity contribution >= 4 is 11.7 Å². The first-order valence-electron chi connectivity index (χ1n) is 7.54. The van der Waals surface area contributed by atoms with Gasteiger partial charge in [-0.05, 0) is 31.2 Å². The van der Waals surface area contributed by atoms with Crippen molar-refractivity contribution < 1.29 is 9.59 Å². The van der Waals surface area contributed by atoms with Gasteiger partial charge < -0.3 is 4.90 Å². The van der Waals surface area contributed by atoms with Crippen LogP contribution >= 0.6 is 0 Å². The fourth-order valence-corrected chi connectivity index (χ4v) is 3.75. The summed E-state index contributed by atoms with van der Waals surface area (Å²) in [6.45, 7) is 2.10. The SMILES string of the molecule is C[C@H](c1ccccc1)N1C(=O)CC[C@H]2CC(=O)CC[C@@H]21. The zero-order valence-corrected chi connectivity index (χ0v) is 11.9. The quantitative estimate of drug-likeness (QED) is 0.829. The molecule has 1 amide bonds. The standard InChI is InChI=1S/C17H21NO2/c1-12(13-5-3-2-4-6-13)18-16-9-8-15(19)11-14(16)7-10-17(18)20/h2-6,12,14,16H,7-11H2,1H3/t12-,14+,16+/m1/s1. The number of rotatable bonds is 2. The zero-order valence-electron chi connectivity index (χ0n) is 11.9. The topological polar surface area (TPSA) is 37.4 Å². The number of likely N-dealkylation sites (tertiary alicyclic amines) is 1. The molecular weight excluding hydrogens is 250 g/mol. The maximum atomic E-state index is 12.4. The van der Waals surface area contributed by atoms with Gasteiger partial charge in [-0.25, -0.2) is 0 Å². The molecule has 1 aliphatic heterocycles. The Morgan fingerprint density at radius 3 is 2.60 bits per heavy atom. The molecule has 0 bridgehead atoms. The number of piperidine rings is 1. The Labute approximate surface area is 120 Å². The van der Waals surface area contributed by atoms with Gasteiger partial charge in [-0.3, -0.25) is 9.59 Å². The predicted octanol–water partition coefficient (Wildman–Crippen LogP) is 3.11. The van der Waals surface area contributed by atoms with Crippen molar-refractivity contribution in [3.8, 4) is 0 Å². The van der Waals surface area contributed by atoms with Gasteiger partial charge in [-0.2, -0.15) is 0 Å². The molecule has 20 heavy (non-hydrogen) atoms. The molecule has 1 aromatic carbocycles. The fraction of sp³-hybridized carbons (Fsp3) is 0.529. The third kappa shape index (κ3) is 2.37. The summed E-state index contributed by atoms with van der Waals surface area (Å²) >= 11 is 0. The minimum atomic E-state index is 0.102. The first-order valence-corrected chi connectivity index (χ1v) is 7.54. The van der Waals surface area contributed by atoms with E-state index in [9.17, 15) is 9.59 Å². The highest BCUT2D eigenvalue weighted by atomic mass is 16.2. The van der Waals surface area contributed by atoms with E-state index in [0.717, 1.165) is 12.8 Å². The van der Waals surface area contributed by atoms with E-state index in [4.69, 9.17) is 0 Å². The molecule has 3 rings (SSSR count). The Balaban J connectivity index is 1.86. The van der Waals surface area contributed by atoms with Crippen LogP contribution in [0.25, 0.3) is 0 Å². The number of carbonyl (C=O) groups is 2. The minimum absolute atomic E-state index is 0.102. The van der Waals surface area contributed by atoms with Gasteiger partial charge in [0.1, 0.15) is 5.78 Å². The number of amides is 1. The lowest BCUT2D eigenvalue weighted by Gasteiger charge is -2.46. The molecule has 3 nitrogen and oxygen atoms in total. The summed E-state index contributed by atoms with van der Waals surface area (Å²) in [7, 11) is 0. The van der Waals surface area contributed by atoms with Gasteiger partial charge in [0.25, 0.3) is 0 Å². The summed E-state index contributed by atoms with van der Waals surface area (Å²) in [5, 5.41) is 0. The van der Waals surface area contributed by atoms with Crippen LogP contribution in [0.5, 0.6) is 0 Å². The van der Waals surface area contributed by atoms with E-state index >= 15 is 0 Å². The molecule has 2 fully saturated rings. The average Bonchev–Trinajstić information content (AvgIpc) is 2.48. The van der Waals surface area contributed by atoms with Gasteiger partial charge >= 0.3 is 0 Å². The van der Waals surface area contributed by atoms with Gasteiger partial charge in [0.2, 0.25) is 5.91 Å². The second kappa shape index (κ2) is 5.39. The second-order valence-electron chi connectivity index (χ2n) is 6.04. The van der Waals surface area contributed by atoms with Crippen molar-refractivity contribution in [3.05, 3.63) is 35.9 Å². The number of ketones is 1. The first-order chi connectivity index (χ1) is 9.66. The molecule has 1 aromatic rings. The Kier molecular flexibility index (Phi) is 3.60. The van der Waals surface area contributed by atoms with Crippen LogP contribution in [0.4, 0.5) is 0 Å². The van der Waals surface area contributed by atoms with Crippen molar-refractivity contribution in [2.24, 2.45) is 5.92 Å². The smallest absolute Gasteiger partial charge is 0.223 e. The number of hydrogen-bond acceptors (Lipinski definition) is 2. The third-order valence-electron chi connectivity index (χ3n) is 4.83. The summed E-state index contributed by atoms with van der Waals surface area (Å²) < 4.78 is 0. The average molecular weight is 271 g/mol. The van der Waals surface area contributed by atoms with Crippen LogP contribution in [-0.4, -0.2) is 22.6 Å². The second-order valence-corrected chi connectivity index (χ2v) is 6.04. The molecule has 3 heteroatoms. The summed E-state index contributed by atoms with van der Waals surface area (Å²) in [6.07, 6.45) is 3.60. The molecule has 0 aromatic heterocycles. The monoisotopic (exact) mass is 271 g/mol. The van der Waals surface area contributed by atoms with Crippen LogP contribution in [0.3, 0.4) is 0 Å². The molecule has 1 heterocycles. The summed E-state index contributed by atoms with van der Waals surface area (Å²) in [5.74, 6) is 0.991. The van der Waals surface area contributed by atoms with Crippen LogP contribution in [0.2, 0.25) is 0 Å². The Morgan fingerprint density at radius 1 is 1.10 bits per heavy atom. The first kappa shape index (κ1) is 13.3. The van der Waals surface area contributed by atoms with Crippen molar-refractivity contribution in [1.29, 1.82) is 0 Å². The van der Waals surface area contributed by atoms with Crippen molar-refractivity contribution in [2.45, 2.75) is 51.1 Å². The molecule has 0 radical (unpaired) electrons. The maximum Gasteiger partial charge on any atom is 0.223 e. The Hall–Kier alpha value is -1.64. The van der Waals surface area contributed by atoms with Crippen molar-refractivity contribution in [3.63, 3.8) is 0 Å². The predicted molar refractivity (Wildman–Crippen MR) is 77.1 cm³/mol. The van der Waals surface area contributed by atoms with E-state index in [1.807, 2.05) is 18.2 Å². The number of nitrogens with zero attached hydrogens (tertiary/aromatic N) is 1. The van der Waals surface area contributed by atoms with E-state index in [0.29, 0.717) is 31.0 Å². The highest BCUT2D eigenvalue weighted by molar-refractivity contribution is 5.82. The van der Waals surface area contributed by atoms with E-state index < -0.39 is 0 Å². The molecule has 1 aliphatic carbocycles. The van der Waals surface area contributed by atoms with E-state index in [1.54, 1.807) is 0 Å². The van der Waals surface area contributed by atoms with Crippen molar-refractivity contribution in [1.82, 2.24) is 4.90 Å². The largest absolute Gasteiger partial charge is 0.333 e. The van der Waals surface area contributed by atoms with E-state index in [1.165, 1.54) is 5.56 Å². The molecule has 2 aliphatic rings. The minimum Gasteiger partial charge on any atom is -0.333 e. The number of Topliss-reactive ketones (excluding diaryl/α,β-unsaturated/α-hetero) is 1. The number of carbonyl (C=O) groups excluding carboxylic acids is 2. The van der Waals surface area contributed by atoms with Gasteiger partial charge in [-0.1, -0.05) is 30.3 Å². The molecule has 0 spiro atoms. The molecule has 3 atom stereocenters. The number of benzene rings is 1. The van der Waals surface area contributed by atoms with E-state index in [2.05, 4.69) is 24.0 Å². The summed E-state index contributed by atoms with van der Waals surface area (Å²) in [6, 6.07) is 10.5. The lowest BCUT2D eigenvalue weighted by molar-refractivity contribution is -0.146. The lowest BCUT2D eigenvalue weighted by Crippen LogP contribution is -2.51. The van der Waals surface area contributed by atoms with Gasteiger partial charge in [-0.15, -0.1) is 0 Å². The molecule has 0 unspecified atom stereocenters. The Bertz CT molecular complexity index is 511. The zero-order chi connectivity index (χ0) is 14.1. The highest BCUT2D eigenvalue weighted by Gasteiger charge is 2.41. The van der Waals surface area contributed by atoms with Crippen LogP contribution in [0.1, 0.15) is 50.6 Å². The van der Waals surface area contributed by atoms with Gasteiger partial charge in [0, 0.05) is 25.3 Å². The van der Waals surface area contributed by atoms with Crippen molar-refractivity contribution in [2.75, 3.05) is 0 Å². The summed E-state index contributed by atoms with van der Waals surface area (Å²) in [4.78, 5) is 26.1. The molecule has 0 N–H and O–H groups in total. The van der Waals surface area contributed by atoms with E-state index in [-0.39, 0.29) is 18.0 Å². The number of fused-ring (bicyclic) bond motifs is 1. The molecule has 106 valence electrons. The maximum absolute atomic E-state index is 12.4.